The monoisotopic (exact) mass is 275 g/mol. The molecule has 0 aliphatic heterocycles. The van der Waals surface area contributed by atoms with Gasteiger partial charge in [-0.1, -0.05) is 19.1 Å². The van der Waals surface area contributed by atoms with Gasteiger partial charge < -0.3 is 14.4 Å². The maximum Gasteiger partial charge on any atom is 0.347 e. The quantitative estimate of drug-likeness (QED) is 0.869. The lowest BCUT2D eigenvalue weighted by molar-refractivity contribution is 0.0520. The average molecular weight is 275 g/mol. The summed E-state index contributed by atoms with van der Waals surface area (Å²) in [7, 11) is 0. The van der Waals surface area contributed by atoms with Gasteiger partial charge in [0.1, 0.15) is 5.75 Å². The summed E-state index contributed by atoms with van der Waals surface area (Å²) >= 11 is 0. The molecule has 2 aromatic rings. The van der Waals surface area contributed by atoms with Gasteiger partial charge in [-0.3, -0.25) is 4.79 Å². The van der Waals surface area contributed by atoms with Crippen molar-refractivity contribution in [1.29, 1.82) is 0 Å². The number of pyridine rings is 1. The minimum Gasteiger partial charge on any atom is -0.506 e. The third-order valence-electron chi connectivity index (χ3n) is 3.07. The van der Waals surface area contributed by atoms with E-state index in [1.165, 1.54) is 4.57 Å². The van der Waals surface area contributed by atoms with Crippen molar-refractivity contribution in [3.8, 4) is 5.75 Å². The topological polar surface area (TPSA) is 68.5 Å². The minimum absolute atomic E-state index is 0.151. The van der Waals surface area contributed by atoms with Gasteiger partial charge in [0, 0.05) is 11.9 Å². The van der Waals surface area contributed by atoms with Crippen LogP contribution in [0.25, 0.3) is 10.9 Å². The first kappa shape index (κ1) is 14.1. The Balaban J connectivity index is 2.82. The number of para-hydroxylation sites is 1. The molecule has 0 spiro atoms. The highest BCUT2D eigenvalue weighted by molar-refractivity contribution is 5.99. The molecule has 1 N–H and O–H groups in total. The standard InChI is InChI=1S/C15H17NO4/c1-3-9-16-11-8-6-5-7-10(11)13(17)12(14(16)18)15(19)20-4-2/h5-8,17H,3-4,9H2,1-2H3. The number of ether oxygens (including phenoxy) is 1. The molecule has 0 atom stereocenters. The first-order chi connectivity index (χ1) is 9.61. The molecule has 0 saturated heterocycles. The van der Waals surface area contributed by atoms with Crippen molar-refractivity contribution in [3.63, 3.8) is 0 Å². The Labute approximate surface area is 116 Å². The van der Waals surface area contributed by atoms with E-state index in [4.69, 9.17) is 4.74 Å². The largest absolute Gasteiger partial charge is 0.506 e. The molecule has 0 bridgehead atoms. The summed E-state index contributed by atoms with van der Waals surface area (Å²) < 4.78 is 6.36. The van der Waals surface area contributed by atoms with E-state index >= 15 is 0 Å². The summed E-state index contributed by atoms with van der Waals surface area (Å²) in [5, 5.41) is 10.7. The SMILES string of the molecule is CCCn1c(=O)c(C(=O)OCC)c(O)c2ccccc21. The Kier molecular flexibility index (Phi) is 4.08. The number of carbonyl (C=O) groups is 1. The zero-order chi connectivity index (χ0) is 14.7. The number of hydrogen-bond donors (Lipinski definition) is 1. The van der Waals surface area contributed by atoms with Gasteiger partial charge in [0.05, 0.1) is 12.1 Å². The van der Waals surface area contributed by atoms with Gasteiger partial charge in [-0.05, 0) is 25.5 Å². The molecule has 0 amide bonds. The molecule has 0 unspecified atom stereocenters. The molecular weight excluding hydrogens is 258 g/mol. The molecule has 1 heterocycles. The van der Waals surface area contributed by atoms with E-state index in [-0.39, 0.29) is 17.9 Å². The third-order valence-corrected chi connectivity index (χ3v) is 3.07. The van der Waals surface area contributed by atoms with Crippen LogP contribution in [0.2, 0.25) is 0 Å². The summed E-state index contributed by atoms with van der Waals surface area (Å²) in [6.45, 7) is 4.23. The number of rotatable bonds is 4. The van der Waals surface area contributed by atoms with Crippen molar-refractivity contribution in [3.05, 3.63) is 40.2 Å². The zero-order valence-electron chi connectivity index (χ0n) is 11.5. The Bertz CT molecular complexity index is 703. The zero-order valence-corrected chi connectivity index (χ0v) is 11.5. The molecule has 5 heteroatoms. The number of benzene rings is 1. The van der Waals surface area contributed by atoms with Crippen molar-refractivity contribution in [1.82, 2.24) is 4.57 Å². The van der Waals surface area contributed by atoms with Gasteiger partial charge in [0.25, 0.3) is 5.56 Å². The third kappa shape index (κ3) is 2.27. The normalized spacial score (nSPS) is 10.7. The van der Waals surface area contributed by atoms with Gasteiger partial charge >= 0.3 is 5.97 Å². The fourth-order valence-corrected chi connectivity index (χ4v) is 2.22. The van der Waals surface area contributed by atoms with Crippen LogP contribution in [0.1, 0.15) is 30.6 Å². The van der Waals surface area contributed by atoms with Crippen molar-refractivity contribution in [2.45, 2.75) is 26.8 Å². The van der Waals surface area contributed by atoms with E-state index in [1.807, 2.05) is 6.92 Å². The van der Waals surface area contributed by atoms with Gasteiger partial charge in [0.2, 0.25) is 0 Å². The summed E-state index contributed by atoms with van der Waals surface area (Å²) in [4.78, 5) is 24.3. The molecule has 5 nitrogen and oxygen atoms in total. The average Bonchev–Trinajstić information content (AvgIpc) is 2.44. The maximum atomic E-state index is 12.4. The number of hydrogen-bond acceptors (Lipinski definition) is 4. The maximum absolute atomic E-state index is 12.4. The van der Waals surface area contributed by atoms with E-state index < -0.39 is 11.5 Å². The summed E-state index contributed by atoms with van der Waals surface area (Å²) in [6, 6.07) is 6.97. The second-order valence-electron chi connectivity index (χ2n) is 4.42. The number of aryl methyl sites for hydroxylation is 1. The van der Waals surface area contributed by atoms with Crippen LogP contribution in [0.5, 0.6) is 5.75 Å². The van der Waals surface area contributed by atoms with Gasteiger partial charge in [-0.2, -0.15) is 0 Å². The smallest absolute Gasteiger partial charge is 0.347 e. The Morgan fingerprint density at radius 2 is 2.00 bits per heavy atom. The van der Waals surface area contributed by atoms with Crippen LogP contribution in [-0.2, 0) is 11.3 Å². The van der Waals surface area contributed by atoms with E-state index in [1.54, 1.807) is 31.2 Å². The van der Waals surface area contributed by atoms with E-state index in [2.05, 4.69) is 0 Å². The lowest BCUT2D eigenvalue weighted by Crippen LogP contribution is -2.28. The van der Waals surface area contributed by atoms with Crippen molar-refractivity contribution >= 4 is 16.9 Å². The van der Waals surface area contributed by atoms with Crippen LogP contribution in [-0.4, -0.2) is 22.2 Å². The first-order valence-electron chi connectivity index (χ1n) is 6.63. The molecule has 106 valence electrons. The van der Waals surface area contributed by atoms with Crippen LogP contribution >= 0.6 is 0 Å². The van der Waals surface area contributed by atoms with Crippen LogP contribution < -0.4 is 5.56 Å². The fraction of sp³-hybridized carbons (Fsp3) is 0.333. The highest BCUT2D eigenvalue weighted by Crippen LogP contribution is 2.26. The molecular formula is C15H17NO4. The first-order valence-corrected chi connectivity index (χ1v) is 6.63. The summed E-state index contributed by atoms with van der Waals surface area (Å²) in [6.07, 6.45) is 0.747. The lowest BCUT2D eigenvalue weighted by atomic mass is 10.1. The molecule has 0 aliphatic carbocycles. The Hall–Kier alpha value is -2.30. The number of aromatic hydroxyl groups is 1. The van der Waals surface area contributed by atoms with Crippen LogP contribution in [0.4, 0.5) is 0 Å². The van der Waals surface area contributed by atoms with Crippen LogP contribution in [0, 0.1) is 0 Å². The number of carbonyl (C=O) groups excluding carboxylic acids is 1. The van der Waals surface area contributed by atoms with Gasteiger partial charge in [-0.25, -0.2) is 4.79 Å². The molecule has 2 rings (SSSR count). The number of aromatic nitrogens is 1. The molecule has 0 saturated carbocycles. The summed E-state index contributed by atoms with van der Waals surface area (Å²) in [5.41, 5.74) is -0.189. The highest BCUT2D eigenvalue weighted by Gasteiger charge is 2.22. The number of fused-ring (bicyclic) bond motifs is 1. The van der Waals surface area contributed by atoms with E-state index in [0.717, 1.165) is 6.42 Å². The molecule has 0 fully saturated rings. The molecule has 20 heavy (non-hydrogen) atoms. The molecule has 0 radical (unpaired) electrons. The van der Waals surface area contributed by atoms with Gasteiger partial charge in [-0.15, -0.1) is 0 Å². The minimum atomic E-state index is -0.786. The summed E-state index contributed by atoms with van der Waals surface area (Å²) in [5.74, 6) is -1.10. The Morgan fingerprint density at radius 1 is 1.30 bits per heavy atom. The van der Waals surface area contributed by atoms with E-state index in [0.29, 0.717) is 17.4 Å². The number of esters is 1. The highest BCUT2D eigenvalue weighted by atomic mass is 16.5. The lowest BCUT2D eigenvalue weighted by Gasteiger charge is -2.13. The van der Waals surface area contributed by atoms with Crippen molar-refractivity contribution < 1.29 is 14.6 Å². The fourth-order valence-electron chi connectivity index (χ4n) is 2.22. The van der Waals surface area contributed by atoms with Crippen LogP contribution in [0.15, 0.2) is 29.1 Å². The second-order valence-corrected chi connectivity index (χ2v) is 4.42. The molecule has 0 aliphatic rings. The van der Waals surface area contributed by atoms with Crippen molar-refractivity contribution in [2.24, 2.45) is 0 Å². The predicted octanol–water partition coefficient (Wildman–Crippen LogP) is 2.29. The predicted molar refractivity (Wildman–Crippen MR) is 76.1 cm³/mol. The number of nitrogens with zero attached hydrogens (tertiary/aromatic N) is 1. The molecule has 1 aromatic carbocycles. The van der Waals surface area contributed by atoms with Crippen molar-refractivity contribution in [2.75, 3.05) is 6.61 Å². The van der Waals surface area contributed by atoms with Gasteiger partial charge in [0.15, 0.2) is 5.56 Å². The van der Waals surface area contributed by atoms with E-state index in [9.17, 15) is 14.7 Å². The molecule has 1 aromatic heterocycles. The second kappa shape index (κ2) is 5.77. The van der Waals surface area contributed by atoms with Crippen LogP contribution in [0.3, 0.4) is 0 Å². The Morgan fingerprint density at radius 3 is 2.65 bits per heavy atom.